The number of ether oxygens (including phenoxy) is 1. The lowest BCUT2D eigenvalue weighted by atomic mass is 10.0. The van der Waals surface area contributed by atoms with E-state index in [1.807, 2.05) is 37.6 Å². The van der Waals surface area contributed by atoms with E-state index in [9.17, 15) is 4.79 Å². The summed E-state index contributed by atoms with van der Waals surface area (Å²) in [4.78, 5) is 22.1. The Bertz CT molecular complexity index is 1910. The van der Waals surface area contributed by atoms with Crippen molar-refractivity contribution in [1.29, 1.82) is 0 Å². The van der Waals surface area contributed by atoms with Crippen LogP contribution in [0.1, 0.15) is 24.0 Å². The second-order valence-corrected chi connectivity index (χ2v) is 11.2. The third-order valence-corrected chi connectivity index (χ3v) is 8.12. The number of piperidine rings is 1. The topological polar surface area (TPSA) is 78.9 Å². The van der Waals surface area contributed by atoms with Gasteiger partial charge in [0.15, 0.2) is 0 Å². The van der Waals surface area contributed by atoms with Crippen molar-refractivity contribution < 1.29 is 4.74 Å². The van der Waals surface area contributed by atoms with Gasteiger partial charge < -0.3 is 14.7 Å². The third kappa shape index (κ3) is 5.28. The molecular formula is C34H33N5O2. The van der Waals surface area contributed by atoms with Gasteiger partial charge in [-0.1, -0.05) is 29.8 Å². The van der Waals surface area contributed by atoms with Crippen molar-refractivity contribution >= 4 is 21.8 Å². The normalized spacial score (nSPS) is 14.7. The first-order chi connectivity index (χ1) is 20.0. The van der Waals surface area contributed by atoms with Crippen molar-refractivity contribution in [3.63, 3.8) is 0 Å². The molecule has 4 heterocycles. The predicted molar refractivity (Wildman–Crippen MR) is 164 cm³/mol. The molecule has 0 unspecified atom stereocenters. The molecule has 0 radical (unpaired) electrons. The number of nitrogens with one attached hydrogen (secondary N) is 2. The van der Waals surface area contributed by atoms with Gasteiger partial charge in [0.2, 0.25) is 0 Å². The van der Waals surface area contributed by atoms with Crippen molar-refractivity contribution in [2.75, 3.05) is 13.1 Å². The first kappa shape index (κ1) is 25.4. The van der Waals surface area contributed by atoms with Crippen LogP contribution in [0.4, 0.5) is 0 Å². The molecule has 0 atom stereocenters. The summed E-state index contributed by atoms with van der Waals surface area (Å²) < 4.78 is 8.01. The Labute approximate surface area is 238 Å². The largest absolute Gasteiger partial charge is 0.490 e. The second kappa shape index (κ2) is 10.4. The smallest absolute Gasteiger partial charge is 0.257 e. The molecular weight excluding hydrogens is 510 g/mol. The fraction of sp³-hybridized carbons (Fsp3) is 0.235. The number of nitrogens with zero attached hydrogens (tertiary/aromatic N) is 3. The number of H-pyrrole nitrogens is 2. The van der Waals surface area contributed by atoms with Gasteiger partial charge >= 0.3 is 0 Å². The number of hydrogen-bond donors (Lipinski definition) is 2. The molecule has 0 spiro atoms. The standard InChI is InChI=1S/C34H33N5O2/c1-22-3-7-28(8-4-22)41-29-11-13-39(14-12-29)20-23-5-9-31-25(15-23)18-33(36-31)30-17-26-16-24(27-19-35-38(2)21-27)6-10-32(26)37-34(30)40/h3-10,15-19,21,29,36H,11-14,20H2,1-2H3,(H,37,40). The van der Waals surface area contributed by atoms with Gasteiger partial charge in [0, 0.05) is 54.9 Å². The maximum Gasteiger partial charge on any atom is 0.257 e. The van der Waals surface area contributed by atoms with Crippen molar-refractivity contribution in [2.45, 2.75) is 32.4 Å². The quantitative estimate of drug-likeness (QED) is 0.254. The first-order valence-electron chi connectivity index (χ1n) is 14.2. The third-order valence-electron chi connectivity index (χ3n) is 8.12. The van der Waals surface area contributed by atoms with Gasteiger partial charge in [0.05, 0.1) is 17.5 Å². The maximum absolute atomic E-state index is 13.0. The zero-order chi connectivity index (χ0) is 27.9. The summed E-state index contributed by atoms with van der Waals surface area (Å²) in [5.74, 6) is 0.960. The number of aromatic amines is 2. The van der Waals surface area contributed by atoms with Gasteiger partial charge in [-0.25, -0.2) is 0 Å². The van der Waals surface area contributed by atoms with Gasteiger partial charge in [0.1, 0.15) is 11.9 Å². The highest BCUT2D eigenvalue weighted by Crippen LogP contribution is 2.28. The number of benzene rings is 3. The summed E-state index contributed by atoms with van der Waals surface area (Å²) >= 11 is 0. The number of hydrogen-bond acceptors (Lipinski definition) is 4. The molecule has 41 heavy (non-hydrogen) atoms. The monoisotopic (exact) mass is 543 g/mol. The molecule has 1 saturated heterocycles. The number of rotatable bonds is 6. The van der Waals surface area contributed by atoms with E-state index in [-0.39, 0.29) is 11.7 Å². The molecule has 1 aliphatic heterocycles. The zero-order valence-corrected chi connectivity index (χ0v) is 23.4. The Kier molecular flexibility index (Phi) is 6.44. The zero-order valence-electron chi connectivity index (χ0n) is 23.4. The van der Waals surface area contributed by atoms with Crippen LogP contribution in [-0.2, 0) is 13.6 Å². The molecule has 0 saturated carbocycles. The fourth-order valence-corrected chi connectivity index (χ4v) is 5.83. The molecule has 6 aromatic rings. The minimum atomic E-state index is -0.103. The average molecular weight is 544 g/mol. The molecule has 0 aliphatic carbocycles. The highest BCUT2D eigenvalue weighted by molar-refractivity contribution is 5.90. The molecule has 7 rings (SSSR count). The van der Waals surface area contributed by atoms with Crippen LogP contribution >= 0.6 is 0 Å². The highest BCUT2D eigenvalue weighted by Gasteiger charge is 2.21. The lowest BCUT2D eigenvalue weighted by molar-refractivity contribution is 0.0968. The Morgan fingerprint density at radius 3 is 2.41 bits per heavy atom. The van der Waals surface area contributed by atoms with Crippen LogP contribution in [0.5, 0.6) is 5.75 Å². The van der Waals surface area contributed by atoms with Crippen LogP contribution in [0.2, 0.25) is 0 Å². The summed E-state index contributed by atoms with van der Waals surface area (Å²) in [6.07, 6.45) is 6.16. The van der Waals surface area contributed by atoms with Crippen LogP contribution in [0.25, 0.3) is 44.2 Å². The lowest BCUT2D eigenvalue weighted by Crippen LogP contribution is -2.37. The van der Waals surface area contributed by atoms with E-state index in [2.05, 4.69) is 81.5 Å². The number of aromatic nitrogens is 4. The Balaban J connectivity index is 1.07. The van der Waals surface area contributed by atoms with Gasteiger partial charge in [-0.2, -0.15) is 5.10 Å². The molecule has 1 fully saturated rings. The van der Waals surface area contributed by atoms with Crippen molar-refractivity contribution in [1.82, 2.24) is 24.6 Å². The van der Waals surface area contributed by atoms with E-state index in [1.54, 1.807) is 4.68 Å². The van der Waals surface area contributed by atoms with E-state index in [0.717, 1.165) is 76.9 Å². The Morgan fingerprint density at radius 1 is 0.878 bits per heavy atom. The predicted octanol–water partition coefficient (Wildman–Crippen LogP) is 6.43. The van der Waals surface area contributed by atoms with Crippen LogP contribution < -0.4 is 10.3 Å². The minimum Gasteiger partial charge on any atom is -0.490 e. The molecule has 3 aromatic carbocycles. The molecule has 0 bridgehead atoms. The number of likely N-dealkylation sites (tertiary alicyclic amines) is 1. The number of fused-ring (bicyclic) bond motifs is 2. The molecule has 206 valence electrons. The fourth-order valence-electron chi connectivity index (χ4n) is 5.83. The van der Waals surface area contributed by atoms with E-state index in [0.29, 0.717) is 5.56 Å². The van der Waals surface area contributed by atoms with Crippen molar-refractivity contribution in [3.8, 4) is 28.1 Å². The Hall–Kier alpha value is -4.62. The van der Waals surface area contributed by atoms with E-state index in [4.69, 9.17) is 4.74 Å². The summed E-state index contributed by atoms with van der Waals surface area (Å²) in [6.45, 7) is 5.03. The SMILES string of the molecule is Cc1ccc(OC2CCN(Cc3ccc4[nH]c(-c5cc6cc(-c7cnn(C)c7)ccc6[nH]c5=O)cc4c3)CC2)cc1. The van der Waals surface area contributed by atoms with Crippen LogP contribution in [0.3, 0.4) is 0 Å². The van der Waals surface area contributed by atoms with Gasteiger partial charge in [-0.15, -0.1) is 0 Å². The number of aryl methyl sites for hydroxylation is 2. The molecule has 2 N–H and O–H groups in total. The van der Waals surface area contributed by atoms with Gasteiger partial charge in [-0.3, -0.25) is 14.4 Å². The number of pyridine rings is 1. The first-order valence-corrected chi connectivity index (χ1v) is 14.2. The molecule has 7 heteroatoms. The summed E-state index contributed by atoms with van der Waals surface area (Å²) in [5.41, 5.74) is 7.83. The average Bonchev–Trinajstić information content (AvgIpc) is 3.60. The molecule has 0 amide bonds. The lowest BCUT2D eigenvalue weighted by Gasteiger charge is -2.32. The minimum absolute atomic E-state index is 0.103. The van der Waals surface area contributed by atoms with E-state index >= 15 is 0 Å². The molecule has 7 nitrogen and oxygen atoms in total. The van der Waals surface area contributed by atoms with Gasteiger partial charge in [0.25, 0.3) is 5.56 Å². The van der Waals surface area contributed by atoms with Crippen LogP contribution in [-0.4, -0.2) is 43.8 Å². The highest BCUT2D eigenvalue weighted by atomic mass is 16.5. The van der Waals surface area contributed by atoms with Crippen molar-refractivity contribution in [3.05, 3.63) is 107 Å². The molecule has 3 aromatic heterocycles. The summed E-state index contributed by atoms with van der Waals surface area (Å²) in [5, 5.41) is 6.38. The second-order valence-electron chi connectivity index (χ2n) is 11.2. The summed E-state index contributed by atoms with van der Waals surface area (Å²) in [7, 11) is 1.91. The maximum atomic E-state index is 13.0. The van der Waals surface area contributed by atoms with E-state index in [1.165, 1.54) is 11.1 Å². The van der Waals surface area contributed by atoms with E-state index < -0.39 is 0 Å². The van der Waals surface area contributed by atoms with Crippen LogP contribution in [0.15, 0.2) is 90.0 Å². The molecule has 1 aliphatic rings. The summed E-state index contributed by atoms with van der Waals surface area (Å²) in [6, 6.07) is 25.0. The van der Waals surface area contributed by atoms with Crippen molar-refractivity contribution in [2.24, 2.45) is 7.05 Å². The van der Waals surface area contributed by atoms with Gasteiger partial charge in [-0.05, 0) is 84.8 Å². The Morgan fingerprint density at radius 2 is 1.63 bits per heavy atom. The van der Waals surface area contributed by atoms with Crippen LogP contribution in [0, 0.1) is 6.92 Å².